The summed E-state index contributed by atoms with van der Waals surface area (Å²) < 4.78 is 0. The van der Waals surface area contributed by atoms with Gasteiger partial charge in [0.2, 0.25) is 60.6 Å². The SMILES string of the molecule is CC(=O)NCCCC[C@@H]1NC(=O)[C@@H](CN(O)C=O)CCCCCCCNC1=O.CC(C)(C)[C@@H]1NC(=O)[C@@H](CN(O)C=O)CCCCCCCNC1=O.NCCCC[C@@H]1NC(=O)[C@@H](CN(O)C=O)CCCCCCCNC1=O. The van der Waals surface area contributed by atoms with Crippen LogP contribution in [0.5, 0.6) is 0 Å². The zero-order valence-electron chi connectivity index (χ0n) is 46.7. The van der Waals surface area contributed by atoms with Crippen LogP contribution in [0.4, 0.5) is 0 Å². The van der Waals surface area contributed by atoms with Gasteiger partial charge in [0.15, 0.2) is 0 Å². The minimum atomic E-state index is -0.670. The predicted molar refractivity (Wildman–Crippen MR) is 287 cm³/mol. The molecule has 0 aromatic carbocycles. The molecule has 77 heavy (non-hydrogen) atoms. The Hall–Kier alpha value is -5.46. The third kappa shape index (κ3) is 32.8. The van der Waals surface area contributed by atoms with Crippen LogP contribution in [0.3, 0.4) is 0 Å². The van der Waals surface area contributed by atoms with Crippen molar-refractivity contribution in [1.29, 1.82) is 0 Å². The van der Waals surface area contributed by atoms with E-state index in [1.807, 2.05) is 20.8 Å². The van der Waals surface area contributed by atoms with E-state index in [-0.39, 0.29) is 67.4 Å². The van der Waals surface area contributed by atoms with Crippen LogP contribution in [0, 0.1) is 23.2 Å². The first kappa shape index (κ1) is 69.6. The lowest BCUT2D eigenvalue weighted by atomic mass is 9.85. The van der Waals surface area contributed by atoms with Gasteiger partial charge in [0.25, 0.3) is 0 Å². The number of unbranched alkanes of at least 4 members (excludes halogenated alkanes) is 2. The molecule has 0 radical (unpaired) electrons. The van der Waals surface area contributed by atoms with E-state index in [1.165, 1.54) is 6.92 Å². The van der Waals surface area contributed by atoms with Gasteiger partial charge < -0.3 is 43.0 Å². The summed E-state index contributed by atoms with van der Waals surface area (Å²) in [4.78, 5) is 118. The summed E-state index contributed by atoms with van der Waals surface area (Å²) >= 11 is 0. The van der Waals surface area contributed by atoms with Crippen molar-refractivity contribution < 1.29 is 63.6 Å². The van der Waals surface area contributed by atoms with Gasteiger partial charge in [0.05, 0.1) is 37.4 Å². The Morgan fingerprint density at radius 3 is 1.21 bits per heavy atom. The third-order valence-corrected chi connectivity index (χ3v) is 13.7. The van der Waals surface area contributed by atoms with E-state index in [0.29, 0.717) is 106 Å². The lowest BCUT2D eigenvalue weighted by molar-refractivity contribution is -0.155. The molecule has 3 fully saturated rings. The number of nitrogens with zero attached hydrogens (tertiary/aromatic N) is 3. The second-order valence-electron chi connectivity index (χ2n) is 21.5. The summed E-state index contributed by atoms with van der Waals surface area (Å²) in [5.74, 6) is -3.24. The molecular formula is C53H97N11O13. The number of carbonyl (C=O) groups excluding carboxylic acids is 10. The van der Waals surface area contributed by atoms with Crippen molar-refractivity contribution in [3.05, 3.63) is 0 Å². The Bertz CT molecular complexity index is 1760. The van der Waals surface area contributed by atoms with Gasteiger partial charge in [-0.1, -0.05) is 97.8 Å². The molecule has 6 atom stereocenters. The van der Waals surface area contributed by atoms with Gasteiger partial charge in [0.1, 0.15) is 18.1 Å². The highest BCUT2D eigenvalue weighted by Gasteiger charge is 2.35. The number of hydrogen-bond acceptors (Lipinski definition) is 14. The number of rotatable bonds is 18. The van der Waals surface area contributed by atoms with E-state index >= 15 is 0 Å². The Balaban J connectivity index is 0.000000579. The molecule has 24 nitrogen and oxygen atoms in total. The van der Waals surface area contributed by atoms with Gasteiger partial charge in [0, 0.05) is 33.1 Å². The van der Waals surface area contributed by atoms with Gasteiger partial charge in [-0.05, 0) is 89.0 Å². The molecule has 0 aromatic heterocycles. The fourth-order valence-corrected chi connectivity index (χ4v) is 9.13. The monoisotopic (exact) mass is 1100 g/mol. The first-order valence-electron chi connectivity index (χ1n) is 28.2. The van der Waals surface area contributed by atoms with E-state index in [4.69, 9.17) is 5.73 Å². The van der Waals surface area contributed by atoms with Crippen molar-refractivity contribution >= 4 is 60.6 Å². The van der Waals surface area contributed by atoms with Gasteiger partial charge in [-0.3, -0.25) is 63.6 Å². The maximum Gasteiger partial charge on any atom is 0.243 e. The molecular weight excluding hydrogens is 999 g/mol. The van der Waals surface area contributed by atoms with E-state index in [0.717, 1.165) is 109 Å². The van der Waals surface area contributed by atoms with Crippen LogP contribution in [-0.4, -0.2) is 162 Å². The standard InChI is InChI=1S/C19H34N4O5.C17H32N4O4.C17H31N3O4/c1-15(25)20-11-8-6-10-17-19(27)21-12-7-4-2-3-5-9-16(18(26)22-17)13-23(28)14-24;18-10-6-5-9-15-17(24)19-11-7-3-1-2-4-8-14(16(23)20-15)12-21(25)13-22;1-17(2,3)14-16(23)18-10-8-6-4-5-7-9-13(15(22)19-14)11-20(24)12-21/h14,16-17,28H,2-13H2,1H3,(H,20,25)(H,21,27)(H,22,26);13-15,25H,1-12,18H2,(H,19,24)(H,20,23);12-14,24H,4-11H2,1-3H3,(H,18,23)(H,19,22)/t16-,17+;14-,15+;13-,14-/m111/s1. The molecule has 10 amide bonds. The average Bonchev–Trinajstić information content (AvgIpc) is 3.42. The molecule has 0 saturated carbocycles. The molecule has 3 aliphatic heterocycles. The van der Waals surface area contributed by atoms with E-state index in [9.17, 15) is 63.6 Å². The second kappa shape index (κ2) is 41.6. The van der Waals surface area contributed by atoms with E-state index in [1.54, 1.807) is 0 Å². The lowest BCUT2D eigenvalue weighted by Crippen LogP contribution is -2.55. The van der Waals surface area contributed by atoms with Crippen LogP contribution < -0.4 is 43.0 Å². The van der Waals surface area contributed by atoms with Crippen LogP contribution in [0.2, 0.25) is 0 Å². The van der Waals surface area contributed by atoms with Gasteiger partial charge in [-0.15, -0.1) is 0 Å². The maximum atomic E-state index is 12.7. The number of carbonyl (C=O) groups is 10. The van der Waals surface area contributed by atoms with Crippen LogP contribution >= 0.6 is 0 Å². The lowest BCUT2D eigenvalue weighted by Gasteiger charge is -2.32. The summed E-state index contributed by atoms with van der Waals surface area (Å²) in [6.45, 7) is 9.80. The van der Waals surface area contributed by atoms with Gasteiger partial charge >= 0.3 is 0 Å². The predicted octanol–water partition coefficient (Wildman–Crippen LogP) is 2.70. The van der Waals surface area contributed by atoms with Crippen molar-refractivity contribution in [3.8, 4) is 0 Å². The van der Waals surface area contributed by atoms with Crippen LogP contribution in [0.1, 0.15) is 182 Å². The molecule has 3 saturated heterocycles. The molecule has 3 rings (SSSR count). The Morgan fingerprint density at radius 1 is 0.519 bits per heavy atom. The van der Waals surface area contributed by atoms with Crippen molar-refractivity contribution in [2.45, 2.75) is 200 Å². The van der Waals surface area contributed by atoms with E-state index < -0.39 is 41.3 Å². The topological polar surface area (TPSA) is 351 Å². The Morgan fingerprint density at radius 2 is 0.857 bits per heavy atom. The normalized spacial score (nSPS) is 23.3. The summed E-state index contributed by atoms with van der Waals surface area (Å²) in [5.41, 5.74) is 5.06. The fourth-order valence-electron chi connectivity index (χ4n) is 9.13. The minimum Gasteiger partial charge on any atom is -0.356 e. The van der Waals surface area contributed by atoms with Gasteiger partial charge in [-0.2, -0.15) is 0 Å². The van der Waals surface area contributed by atoms with Crippen molar-refractivity contribution in [3.63, 3.8) is 0 Å². The fraction of sp³-hybridized carbons (Fsp3) is 0.811. The Kier molecular flexibility index (Phi) is 37.6. The summed E-state index contributed by atoms with van der Waals surface area (Å²) in [6.07, 6.45) is 20.9. The van der Waals surface area contributed by atoms with Crippen LogP contribution in [0.15, 0.2) is 0 Å². The largest absolute Gasteiger partial charge is 0.356 e. The molecule has 0 aliphatic carbocycles. The first-order valence-corrected chi connectivity index (χ1v) is 28.2. The number of hydroxylamine groups is 6. The molecule has 3 aliphatic rings. The number of nitrogens with one attached hydrogen (secondary N) is 7. The third-order valence-electron chi connectivity index (χ3n) is 13.7. The molecule has 442 valence electrons. The Labute approximate surface area is 456 Å². The highest BCUT2D eigenvalue weighted by Crippen LogP contribution is 2.22. The second-order valence-corrected chi connectivity index (χ2v) is 21.5. The number of hydrogen-bond donors (Lipinski definition) is 11. The molecule has 0 aromatic rings. The first-order chi connectivity index (χ1) is 36.8. The minimum absolute atomic E-state index is 0.0617. The molecule has 0 spiro atoms. The molecule has 3 heterocycles. The highest BCUT2D eigenvalue weighted by molar-refractivity contribution is 5.90. The van der Waals surface area contributed by atoms with Crippen LogP contribution in [0.25, 0.3) is 0 Å². The summed E-state index contributed by atoms with van der Waals surface area (Å²) in [5, 5.41) is 49.6. The van der Waals surface area contributed by atoms with Crippen LogP contribution in [-0.2, 0) is 47.9 Å². The van der Waals surface area contributed by atoms with Crippen molar-refractivity contribution in [2.75, 3.05) is 52.4 Å². The summed E-state index contributed by atoms with van der Waals surface area (Å²) in [6, 6.07) is -1.93. The van der Waals surface area contributed by atoms with Crippen molar-refractivity contribution in [1.82, 2.24) is 52.4 Å². The number of amides is 10. The molecule has 0 unspecified atom stereocenters. The van der Waals surface area contributed by atoms with Gasteiger partial charge in [-0.25, -0.2) is 15.2 Å². The zero-order chi connectivity index (χ0) is 57.4. The van der Waals surface area contributed by atoms with E-state index in [2.05, 4.69) is 37.2 Å². The average molecular weight is 1100 g/mol. The summed E-state index contributed by atoms with van der Waals surface area (Å²) in [7, 11) is 0. The quantitative estimate of drug-likeness (QED) is 0.0407. The number of nitrogens with two attached hydrogens (primary N) is 1. The molecule has 12 N–H and O–H groups in total. The molecule has 0 bridgehead atoms. The smallest absolute Gasteiger partial charge is 0.243 e. The zero-order valence-corrected chi connectivity index (χ0v) is 46.7. The highest BCUT2D eigenvalue weighted by atomic mass is 16.5. The molecule has 24 heteroatoms. The maximum absolute atomic E-state index is 12.7. The van der Waals surface area contributed by atoms with Crippen molar-refractivity contribution in [2.24, 2.45) is 28.9 Å².